The Morgan fingerprint density at radius 2 is 1.21 bits per heavy atom. The third-order valence-corrected chi connectivity index (χ3v) is 5.77. The van der Waals surface area contributed by atoms with E-state index in [2.05, 4.69) is 27.8 Å². The van der Waals surface area contributed by atoms with E-state index >= 15 is 0 Å². The predicted molar refractivity (Wildman–Crippen MR) is 137 cm³/mol. The molecule has 0 atom stereocenters. The Balaban J connectivity index is 1.84. The molecule has 1 aromatic heterocycles. The lowest BCUT2D eigenvalue weighted by molar-refractivity contribution is 1.07. The SMILES string of the molecule is N#Cc1c(NCc2ccccc2)nc(NCc2ccccc2)c(C#N)c1-c1ccc(Cl)cc1Cl. The number of hydrogen-bond donors (Lipinski definition) is 2. The smallest absolute Gasteiger partial charge is 0.147 e. The van der Waals surface area contributed by atoms with E-state index < -0.39 is 0 Å². The van der Waals surface area contributed by atoms with E-state index in [-0.39, 0.29) is 11.1 Å². The molecule has 0 unspecified atom stereocenters. The van der Waals surface area contributed by atoms with Gasteiger partial charge in [0.1, 0.15) is 34.9 Å². The zero-order valence-corrected chi connectivity index (χ0v) is 19.5. The number of anilines is 2. The van der Waals surface area contributed by atoms with Gasteiger partial charge in [0, 0.05) is 34.3 Å². The van der Waals surface area contributed by atoms with Crippen LogP contribution in [0.4, 0.5) is 11.6 Å². The van der Waals surface area contributed by atoms with Gasteiger partial charge in [0.2, 0.25) is 0 Å². The maximum atomic E-state index is 10.1. The van der Waals surface area contributed by atoms with Gasteiger partial charge in [-0.05, 0) is 23.3 Å². The molecule has 0 saturated carbocycles. The number of nitrogens with one attached hydrogen (secondary N) is 2. The van der Waals surface area contributed by atoms with Crippen molar-refractivity contribution in [3.63, 3.8) is 0 Å². The van der Waals surface area contributed by atoms with Gasteiger partial charge in [0.05, 0.1) is 0 Å². The average molecular weight is 484 g/mol. The Hall–Kier alpha value is -4.03. The standard InChI is InChI=1S/C27H19Cl2N5/c28-20-11-12-21(24(29)13-20)25-22(14-30)26(32-16-18-7-3-1-4-8-18)34-27(23(25)15-31)33-17-19-9-5-2-6-10-19/h1-13H,16-17H2,(H2,32,33,34). The first-order valence-corrected chi connectivity index (χ1v) is 11.3. The van der Waals surface area contributed by atoms with Crippen LogP contribution in [0.5, 0.6) is 0 Å². The van der Waals surface area contributed by atoms with Gasteiger partial charge in [0.15, 0.2) is 0 Å². The molecule has 7 heteroatoms. The lowest BCUT2D eigenvalue weighted by Gasteiger charge is -2.18. The van der Waals surface area contributed by atoms with E-state index in [1.54, 1.807) is 18.2 Å². The highest BCUT2D eigenvalue weighted by Gasteiger charge is 2.23. The van der Waals surface area contributed by atoms with Crippen molar-refractivity contribution in [1.82, 2.24) is 4.98 Å². The number of aromatic nitrogens is 1. The van der Waals surface area contributed by atoms with Crippen LogP contribution in [0, 0.1) is 22.7 Å². The molecule has 0 radical (unpaired) electrons. The van der Waals surface area contributed by atoms with Crippen LogP contribution in [0.2, 0.25) is 10.0 Å². The van der Waals surface area contributed by atoms with Crippen LogP contribution in [0.25, 0.3) is 11.1 Å². The van der Waals surface area contributed by atoms with Crippen molar-refractivity contribution < 1.29 is 0 Å². The maximum Gasteiger partial charge on any atom is 0.147 e. The molecule has 0 saturated heterocycles. The van der Waals surface area contributed by atoms with Gasteiger partial charge in [0.25, 0.3) is 0 Å². The molecule has 2 N–H and O–H groups in total. The van der Waals surface area contributed by atoms with Crippen LogP contribution >= 0.6 is 23.2 Å². The molecule has 0 fully saturated rings. The molecule has 3 aromatic carbocycles. The molecule has 34 heavy (non-hydrogen) atoms. The van der Waals surface area contributed by atoms with Gasteiger partial charge >= 0.3 is 0 Å². The van der Waals surface area contributed by atoms with Crippen LogP contribution in [0.15, 0.2) is 78.9 Å². The largest absolute Gasteiger partial charge is 0.365 e. The Bertz CT molecular complexity index is 1310. The zero-order valence-electron chi connectivity index (χ0n) is 18.0. The highest BCUT2D eigenvalue weighted by Crippen LogP contribution is 2.39. The number of benzene rings is 3. The van der Waals surface area contributed by atoms with E-state index in [1.807, 2.05) is 60.7 Å². The molecule has 0 spiro atoms. The summed E-state index contributed by atoms with van der Waals surface area (Å²) in [6, 6.07) is 29.0. The van der Waals surface area contributed by atoms with Gasteiger partial charge in [-0.25, -0.2) is 4.98 Å². The predicted octanol–water partition coefficient (Wildman–Crippen LogP) is 7.02. The first-order valence-electron chi connectivity index (χ1n) is 10.5. The summed E-state index contributed by atoms with van der Waals surface area (Å²) < 4.78 is 0. The minimum Gasteiger partial charge on any atom is -0.365 e. The Kier molecular flexibility index (Phi) is 7.30. The van der Waals surface area contributed by atoms with Crippen LogP contribution in [0.3, 0.4) is 0 Å². The van der Waals surface area contributed by atoms with Crippen molar-refractivity contribution in [2.75, 3.05) is 10.6 Å². The Morgan fingerprint density at radius 3 is 1.65 bits per heavy atom. The molecule has 0 aliphatic carbocycles. The van der Waals surface area contributed by atoms with Gasteiger partial charge < -0.3 is 10.6 Å². The summed E-state index contributed by atoms with van der Waals surface area (Å²) in [7, 11) is 0. The highest BCUT2D eigenvalue weighted by atomic mass is 35.5. The normalized spacial score (nSPS) is 10.2. The number of nitrogens with zero attached hydrogens (tertiary/aromatic N) is 3. The molecule has 166 valence electrons. The first-order chi connectivity index (χ1) is 16.6. The Morgan fingerprint density at radius 1 is 0.706 bits per heavy atom. The lowest BCUT2D eigenvalue weighted by Crippen LogP contribution is -2.11. The molecule has 0 amide bonds. The van der Waals surface area contributed by atoms with Crippen molar-refractivity contribution >= 4 is 34.8 Å². The number of hydrogen-bond acceptors (Lipinski definition) is 5. The van der Waals surface area contributed by atoms with E-state index in [0.29, 0.717) is 45.9 Å². The minimum atomic E-state index is 0.238. The van der Waals surface area contributed by atoms with Gasteiger partial charge in [-0.15, -0.1) is 0 Å². The summed E-state index contributed by atoms with van der Waals surface area (Å²) in [4.78, 5) is 4.64. The summed E-state index contributed by atoms with van der Waals surface area (Å²) in [5.74, 6) is 0.726. The number of pyridine rings is 1. The van der Waals surface area contributed by atoms with E-state index in [1.165, 1.54) is 0 Å². The lowest BCUT2D eigenvalue weighted by atomic mass is 9.95. The van der Waals surface area contributed by atoms with Gasteiger partial charge in [-0.3, -0.25) is 0 Å². The fraction of sp³-hybridized carbons (Fsp3) is 0.0741. The fourth-order valence-electron chi connectivity index (χ4n) is 3.58. The average Bonchev–Trinajstić information content (AvgIpc) is 2.87. The van der Waals surface area contributed by atoms with Gasteiger partial charge in [-0.1, -0.05) is 89.9 Å². The highest BCUT2D eigenvalue weighted by molar-refractivity contribution is 6.36. The fourth-order valence-corrected chi connectivity index (χ4v) is 4.09. The molecule has 1 heterocycles. The minimum absolute atomic E-state index is 0.238. The van der Waals surface area contributed by atoms with Crippen molar-refractivity contribution in [2.24, 2.45) is 0 Å². The molecule has 0 aliphatic rings. The molecular formula is C27H19Cl2N5. The summed E-state index contributed by atoms with van der Waals surface area (Å²) in [6.45, 7) is 0.917. The zero-order chi connectivity index (χ0) is 23.9. The molecule has 4 aromatic rings. The van der Waals surface area contributed by atoms with E-state index in [4.69, 9.17) is 23.2 Å². The molecular weight excluding hydrogens is 465 g/mol. The summed E-state index contributed by atoms with van der Waals surface area (Å²) in [5, 5.41) is 27.5. The van der Waals surface area contributed by atoms with Crippen LogP contribution in [0.1, 0.15) is 22.3 Å². The monoisotopic (exact) mass is 483 g/mol. The molecule has 0 aliphatic heterocycles. The van der Waals surface area contributed by atoms with Crippen molar-refractivity contribution in [2.45, 2.75) is 13.1 Å². The van der Waals surface area contributed by atoms with Crippen LogP contribution in [-0.4, -0.2) is 4.98 Å². The van der Waals surface area contributed by atoms with E-state index in [9.17, 15) is 10.5 Å². The second kappa shape index (κ2) is 10.7. The molecule has 5 nitrogen and oxygen atoms in total. The van der Waals surface area contributed by atoms with Gasteiger partial charge in [-0.2, -0.15) is 10.5 Å². The summed E-state index contributed by atoms with van der Waals surface area (Å²) >= 11 is 12.6. The molecule has 4 rings (SSSR count). The second-order valence-electron chi connectivity index (χ2n) is 7.46. The van der Waals surface area contributed by atoms with Crippen molar-refractivity contribution in [3.05, 3.63) is 111 Å². The molecule has 0 bridgehead atoms. The number of nitriles is 2. The van der Waals surface area contributed by atoms with Crippen LogP contribution < -0.4 is 10.6 Å². The van der Waals surface area contributed by atoms with E-state index in [0.717, 1.165) is 11.1 Å². The summed E-state index contributed by atoms with van der Waals surface area (Å²) in [6.07, 6.45) is 0. The first kappa shape index (κ1) is 23.1. The quantitative estimate of drug-likeness (QED) is 0.294. The maximum absolute atomic E-state index is 10.1. The van der Waals surface area contributed by atoms with Crippen molar-refractivity contribution in [3.8, 4) is 23.3 Å². The number of rotatable bonds is 7. The third kappa shape index (κ3) is 5.13. The second-order valence-corrected chi connectivity index (χ2v) is 8.30. The topological polar surface area (TPSA) is 84.5 Å². The van der Waals surface area contributed by atoms with Crippen molar-refractivity contribution in [1.29, 1.82) is 10.5 Å². The summed E-state index contributed by atoms with van der Waals surface area (Å²) in [5.41, 5.74) is 3.48. The Labute approximate surface area is 208 Å². The third-order valence-electron chi connectivity index (χ3n) is 5.23. The number of halogens is 2. The van der Waals surface area contributed by atoms with Crippen LogP contribution in [-0.2, 0) is 13.1 Å².